The molecule has 3 saturated heterocycles. The molecule has 44 heteroatoms. The number of aromatic nitrogens is 9. The number of hydrogen-bond donors (Lipinski definition) is 9. The topological polar surface area (TPSA) is 405 Å². The molecule has 6 aromatic heterocycles. The molecular weight excluding hydrogens is 1580 g/mol. The fourth-order valence-corrected chi connectivity index (χ4v) is 14.3. The van der Waals surface area contributed by atoms with E-state index in [0.717, 1.165) is 25.7 Å². The van der Waals surface area contributed by atoms with Crippen molar-refractivity contribution < 1.29 is 120 Å². The number of fused-ring (bicyclic) bond motifs is 6. The summed E-state index contributed by atoms with van der Waals surface area (Å²) in [6.07, 6.45) is -4.68. The Balaban J connectivity index is 0.000000170. The van der Waals surface area contributed by atoms with Crippen molar-refractivity contribution in [1.82, 2.24) is 74.3 Å². The number of nitrogens with two attached hydrogens (primary N) is 2. The molecule has 0 bridgehead atoms. The van der Waals surface area contributed by atoms with Crippen LogP contribution in [0, 0.1) is 32.6 Å². The molecule has 12 heterocycles. The number of nitrogens with zero attached hydrogens (tertiary/aromatic N) is 12. The van der Waals surface area contributed by atoms with Crippen LogP contribution in [0.2, 0.25) is 15.1 Å². The summed E-state index contributed by atoms with van der Waals surface area (Å²) in [7, 11) is 0. The molecule has 8 aliphatic rings. The van der Waals surface area contributed by atoms with Gasteiger partial charge in [-0.3, -0.25) is 66.8 Å². The van der Waals surface area contributed by atoms with Gasteiger partial charge in [-0.2, -0.15) is 39.5 Å². The Labute approximate surface area is 661 Å². The van der Waals surface area contributed by atoms with Gasteiger partial charge in [0.1, 0.15) is 91.1 Å². The maximum Gasteiger partial charge on any atom is 1.00 e. The van der Waals surface area contributed by atoms with E-state index in [1.807, 2.05) is 0 Å². The summed E-state index contributed by atoms with van der Waals surface area (Å²) in [5.74, 6) is -0.637. The minimum Gasteiger partial charge on any atom is -0.870 e. The van der Waals surface area contributed by atoms with Crippen LogP contribution in [0.5, 0.6) is 0 Å². The van der Waals surface area contributed by atoms with Gasteiger partial charge in [-0.15, -0.1) is 0 Å². The van der Waals surface area contributed by atoms with Crippen LogP contribution in [0.15, 0.2) is 56.0 Å². The van der Waals surface area contributed by atoms with Gasteiger partial charge in [0.2, 0.25) is 11.8 Å². The second kappa shape index (κ2) is 32.2. The van der Waals surface area contributed by atoms with Crippen LogP contribution in [-0.2, 0) is 26.6 Å². The Kier molecular flexibility index (Phi) is 25.2. The van der Waals surface area contributed by atoms with Crippen molar-refractivity contribution in [3.05, 3.63) is 122 Å². The summed E-state index contributed by atoms with van der Waals surface area (Å²) in [5, 5.41) is 19.7. The monoisotopic (exact) mass is 1640 g/mol. The van der Waals surface area contributed by atoms with Gasteiger partial charge in [-0.25, -0.2) is 29.9 Å². The van der Waals surface area contributed by atoms with Gasteiger partial charge in [0.05, 0.1) is 24.1 Å². The number of piperidine rings is 3. The molecule has 14 rings (SSSR count). The predicted octanol–water partition coefficient (Wildman–Crippen LogP) is 4.59. The third-order valence-electron chi connectivity index (χ3n) is 18.7. The Morgan fingerprint density at radius 3 is 1.10 bits per heavy atom. The normalized spacial score (nSPS) is 18.3. The van der Waals surface area contributed by atoms with Crippen molar-refractivity contribution in [3.63, 3.8) is 0 Å². The predicted molar refractivity (Wildman–Crippen MR) is 367 cm³/mol. The fourth-order valence-electron chi connectivity index (χ4n) is 13.3. The molecule has 2 aliphatic carbocycles. The smallest absolute Gasteiger partial charge is 0.870 e. The van der Waals surface area contributed by atoms with E-state index in [9.17, 15) is 77.9 Å². The number of anilines is 8. The summed E-state index contributed by atoms with van der Waals surface area (Å²) < 4.78 is 119. The van der Waals surface area contributed by atoms with Gasteiger partial charge in [0.15, 0.2) is 23.3 Å². The zero-order chi connectivity index (χ0) is 75.5. The molecule has 0 atom stereocenters. The molecular formula is C62H67BrCl3F9KN21O9. The zero-order valence-electron chi connectivity index (χ0n) is 56.7. The third kappa shape index (κ3) is 18.2. The first-order chi connectivity index (χ1) is 48.8. The van der Waals surface area contributed by atoms with E-state index in [4.69, 9.17) is 46.3 Å². The first kappa shape index (κ1) is 82.9. The van der Waals surface area contributed by atoms with Gasteiger partial charge in [-0.05, 0) is 97.3 Å². The van der Waals surface area contributed by atoms with Crippen LogP contribution in [0.1, 0.15) is 112 Å². The largest absolute Gasteiger partial charge is 1.00 e. The summed E-state index contributed by atoms with van der Waals surface area (Å²) in [4.78, 5) is 128. The molecule has 6 aromatic rings. The van der Waals surface area contributed by atoms with E-state index in [-0.39, 0.29) is 243 Å². The van der Waals surface area contributed by atoms with E-state index in [1.54, 1.807) is 26.8 Å². The number of carbonyl (C=O) groups is 5. The number of carbonyl (C=O) groups excluding carboxylic acids is 5. The number of hydrogen-bond acceptors (Lipinski definition) is 22. The van der Waals surface area contributed by atoms with Gasteiger partial charge >= 0.3 is 69.9 Å². The van der Waals surface area contributed by atoms with E-state index in [2.05, 4.69) is 83.1 Å². The first-order valence-corrected chi connectivity index (χ1v) is 34.2. The SMILES string of the molecule is Cc1cc(Br)c(=O)n2c1C(=O)NC21CCN(CC(F)(F)F)CC1.Cc1cc(Nc2ncnc(N)c2Cl)c(=O)n2c1C(=O)NC21CCN(CC(F)(F)F)CC1.Cc1cc(Nc2ncnc(NC(=O)C3CC3)c2Cl)c(=O)n2c1C(=O)NC21CCN(CC(F)(F)F)CC1.Nc1ncnc(NC(=O)C2CC2)c1Cl.[K+].[OH-]. The molecule has 3 spiro atoms. The Morgan fingerprint density at radius 2 is 0.774 bits per heavy atom. The molecule has 30 nitrogen and oxygen atoms in total. The number of amides is 5. The molecule has 0 aromatic carbocycles. The third-order valence-corrected chi connectivity index (χ3v) is 20.3. The number of pyridine rings is 3. The Hall–Kier alpha value is -7.16. The maximum absolute atomic E-state index is 13.6. The molecule has 6 aliphatic heterocycles. The van der Waals surface area contributed by atoms with E-state index >= 15 is 0 Å². The van der Waals surface area contributed by atoms with Crippen LogP contribution in [0.4, 0.5) is 85.8 Å². The van der Waals surface area contributed by atoms with E-state index in [0.29, 0.717) is 26.9 Å². The quantitative estimate of drug-likeness (QED) is 0.0632. The van der Waals surface area contributed by atoms with Crippen molar-refractivity contribution in [3.8, 4) is 0 Å². The number of nitrogens with one attached hydrogen (secondary N) is 7. The molecule has 566 valence electrons. The fraction of sp³-hybridized carbons (Fsp3) is 0.484. The van der Waals surface area contributed by atoms with Crippen molar-refractivity contribution in [2.75, 3.05) is 91.6 Å². The summed E-state index contributed by atoms with van der Waals surface area (Å²) in [5.41, 5.74) is 9.07. The molecule has 2 saturated carbocycles. The second-order valence-corrected chi connectivity index (χ2v) is 28.2. The number of nitrogen functional groups attached to an aromatic ring is 2. The second-order valence-electron chi connectivity index (χ2n) is 26.3. The zero-order valence-corrected chi connectivity index (χ0v) is 63.7. The average molecular weight is 1650 g/mol. The molecule has 5 fully saturated rings. The van der Waals surface area contributed by atoms with Crippen LogP contribution >= 0.6 is 50.7 Å². The molecule has 12 N–H and O–H groups in total. The van der Waals surface area contributed by atoms with Crippen molar-refractivity contribution >= 4 is 127 Å². The Morgan fingerprint density at radius 1 is 0.491 bits per heavy atom. The van der Waals surface area contributed by atoms with Crippen molar-refractivity contribution in [2.24, 2.45) is 11.8 Å². The minimum atomic E-state index is -4.33. The van der Waals surface area contributed by atoms with Gasteiger partial charge < -0.3 is 54.2 Å². The van der Waals surface area contributed by atoms with Gasteiger partial charge in [-0.1, -0.05) is 34.8 Å². The molecule has 0 radical (unpaired) electrons. The number of likely N-dealkylation sites (tertiary alicyclic amines) is 3. The summed E-state index contributed by atoms with van der Waals surface area (Å²) in [6, 6.07) is 4.58. The first-order valence-electron chi connectivity index (χ1n) is 32.3. The number of halogens is 13. The van der Waals surface area contributed by atoms with Crippen LogP contribution < -0.4 is 117 Å². The summed E-state index contributed by atoms with van der Waals surface area (Å²) in [6.45, 7) is 2.61. The summed E-state index contributed by atoms with van der Waals surface area (Å²) >= 11 is 21.5. The van der Waals surface area contributed by atoms with Gasteiger partial charge in [0, 0.05) is 89.6 Å². The van der Waals surface area contributed by atoms with E-state index in [1.165, 1.54) is 59.5 Å². The maximum atomic E-state index is 13.6. The van der Waals surface area contributed by atoms with Gasteiger partial charge in [0.25, 0.3) is 34.4 Å². The standard InChI is InChI=1S/C22H23ClF3N7O3.C18H19ClF3N7O2.C14H15BrF3N3O2.C8H9ClN4O.K.H2O/c1-11-8-13(29-16-14(23)17(28-10-27-16)30-18(34)12-2-3-12)20(36)33-15(11)19(35)31-21(33)4-6-32(7-5-21)9-22(24,25)26;1-9-6-10(26-14-11(19)13(23)24-8-25-14)16(31)29-12(9)15(30)27-17(29)2-4-28(5-3-17)7-18(20,21)22;1-8-6-9(15)12(23)21-10(8)11(22)19-13(21)2-4-20(5-3-13)7-14(16,17)18;9-5-6(10)11-3-12-7(5)13-8(14)4-1-2-4;;/h8,10,12H,2-7,9H2,1H3,(H,31,35)(H2,27,28,29,30,34);6,8H,2-5,7H2,1H3,(H,27,30)(H3,23,24,25,26);6H,2-5,7H2,1H3,(H,19,22);3-4H,1-2H2,(H3,10,11,12,13,14);;1H2/q;;;;+1;/p-1. The number of aryl methyl sites for hydroxylation is 3. The van der Waals surface area contributed by atoms with Crippen LogP contribution in [0.3, 0.4) is 0 Å². The van der Waals surface area contributed by atoms with Crippen molar-refractivity contribution in [2.45, 2.75) is 120 Å². The minimum absolute atomic E-state index is 0. The Bertz CT molecular complexity index is 4620. The van der Waals surface area contributed by atoms with Crippen molar-refractivity contribution in [1.29, 1.82) is 0 Å². The van der Waals surface area contributed by atoms with E-state index < -0.39 is 78.1 Å². The number of rotatable bonds is 11. The average Bonchev–Trinajstić information content (AvgIpc) is 1.59. The number of alkyl halides is 9. The van der Waals surface area contributed by atoms with Crippen LogP contribution in [0.25, 0.3) is 0 Å². The van der Waals surface area contributed by atoms with Crippen LogP contribution in [-0.4, -0.2) is 171 Å². The molecule has 5 amide bonds. The molecule has 106 heavy (non-hydrogen) atoms. The molecule has 0 unspecified atom stereocenters.